The average Bonchev–Trinajstić information content (AvgIpc) is 2.98. The number of benzene rings is 1. The molecule has 0 amide bonds. The number of hydrogen-bond donors (Lipinski definition) is 0. The predicted octanol–water partition coefficient (Wildman–Crippen LogP) is 0.399. The summed E-state index contributed by atoms with van der Waals surface area (Å²) in [5.41, 5.74) is -0.661. The lowest BCUT2D eigenvalue weighted by Gasteiger charge is -2.09. The van der Waals surface area contributed by atoms with E-state index in [-0.39, 0.29) is 17.7 Å². The number of nitro groups is 1. The van der Waals surface area contributed by atoms with E-state index in [9.17, 15) is 19.7 Å². The highest BCUT2D eigenvalue weighted by atomic mass is 16.6. The van der Waals surface area contributed by atoms with E-state index in [1.807, 2.05) is 0 Å². The van der Waals surface area contributed by atoms with Gasteiger partial charge in [-0.2, -0.15) is 0 Å². The molecular weight excluding hydrogens is 330 g/mol. The summed E-state index contributed by atoms with van der Waals surface area (Å²) in [5.74, 6) is 0.0201. The third kappa shape index (κ3) is 2.47. The molecule has 0 unspecified atom stereocenters. The monoisotopic (exact) mass is 345 g/mol. The van der Waals surface area contributed by atoms with Crippen LogP contribution in [0.4, 0.5) is 5.95 Å². The van der Waals surface area contributed by atoms with Gasteiger partial charge >= 0.3 is 17.2 Å². The third-order valence-electron chi connectivity index (χ3n) is 4.00. The van der Waals surface area contributed by atoms with Gasteiger partial charge in [-0.05, 0) is 11.0 Å². The Balaban J connectivity index is 2.37. The summed E-state index contributed by atoms with van der Waals surface area (Å²) in [4.78, 5) is 39.1. The highest BCUT2D eigenvalue weighted by Gasteiger charge is 2.28. The average molecular weight is 345 g/mol. The van der Waals surface area contributed by atoms with Crippen LogP contribution in [0.25, 0.3) is 11.2 Å². The van der Waals surface area contributed by atoms with Crippen molar-refractivity contribution in [1.82, 2.24) is 18.7 Å². The first kappa shape index (κ1) is 16.4. The maximum atomic E-state index is 12.3. The summed E-state index contributed by atoms with van der Waals surface area (Å²) in [7, 11) is 4.23. The summed E-state index contributed by atoms with van der Waals surface area (Å²) in [6.07, 6.45) is 0. The summed E-state index contributed by atoms with van der Waals surface area (Å²) in [6.45, 7) is 0.0251. The van der Waals surface area contributed by atoms with Gasteiger partial charge in [-0.1, -0.05) is 23.2 Å². The molecule has 0 spiro atoms. The molecule has 0 bridgehead atoms. The van der Waals surface area contributed by atoms with Crippen LogP contribution in [-0.2, 0) is 20.6 Å². The van der Waals surface area contributed by atoms with Gasteiger partial charge in [-0.25, -0.2) is 9.36 Å². The zero-order chi connectivity index (χ0) is 18.3. The number of nitrogens with zero attached hydrogens (tertiary/aromatic N) is 5. The molecule has 2 heterocycles. The van der Waals surface area contributed by atoms with E-state index in [1.54, 1.807) is 24.3 Å². The van der Waals surface area contributed by atoms with Crippen LogP contribution >= 0.6 is 0 Å². The first-order valence-corrected chi connectivity index (χ1v) is 7.29. The number of imidazole rings is 1. The van der Waals surface area contributed by atoms with Crippen molar-refractivity contribution < 1.29 is 9.66 Å². The van der Waals surface area contributed by atoms with E-state index in [1.165, 1.54) is 30.3 Å². The molecule has 25 heavy (non-hydrogen) atoms. The lowest BCUT2D eigenvalue weighted by atomic mass is 10.2. The second kappa shape index (κ2) is 5.89. The minimum atomic E-state index is -0.681. The smallest absolute Gasteiger partial charge is 0.437 e. The molecule has 0 atom stereocenters. The lowest BCUT2D eigenvalue weighted by Crippen LogP contribution is -2.37. The van der Waals surface area contributed by atoms with Crippen LogP contribution in [0, 0.1) is 10.1 Å². The Morgan fingerprint density at radius 3 is 2.52 bits per heavy atom. The number of rotatable bonds is 4. The van der Waals surface area contributed by atoms with E-state index >= 15 is 0 Å². The second-order valence-corrected chi connectivity index (χ2v) is 5.44. The van der Waals surface area contributed by atoms with Crippen LogP contribution < -0.4 is 16.0 Å². The highest BCUT2D eigenvalue weighted by molar-refractivity contribution is 5.73. The zero-order valence-electron chi connectivity index (χ0n) is 13.8. The number of aryl methyl sites for hydroxylation is 1. The van der Waals surface area contributed by atoms with Gasteiger partial charge in [-0.15, -0.1) is 0 Å². The maximum absolute atomic E-state index is 12.3. The number of hydrogen-bond acceptors (Lipinski definition) is 6. The van der Waals surface area contributed by atoms with Crippen molar-refractivity contribution >= 4 is 17.1 Å². The Bertz CT molecular complexity index is 1110. The Hall–Kier alpha value is -3.43. The second-order valence-electron chi connectivity index (χ2n) is 5.44. The predicted molar refractivity (Wildman–Crippen MR) is 89.0 cm³/mol. The van der Waals surface area contributed by atoms with Crippen molar-refractivity contribution in [2.45, 2.75) is 6.54 Å². The highest BCUT2D eigenvalue weighted by Crippen LogP contribution is 2.24. The minimum Gasteiger partial charge on any atom is -0.496 e. The van der Waals surface area contributed by atoms with E-state index in [0.29, 0.717) is 11.3 Å². The van der Waals surface area contributed by atoms with Crippen LogP contribution in [0.1, 0.15) is 5.56 Å². The third-order valence-corrected chi connectivity index (χ3v) is 4.00. The molecule has 0 N–H and O–H groups in total. The zero-order valence-corrected chi connectivity index (χ0v) is 13.8. The molecule has 0 saturated carbocycles. The number of para-hydroxylation sites is 1. The van der Waals surface area contributed by atoms with Gasteiger partial charge in [0.25, 0.3) is 5.52 Å². The van der Waals surface area contributed by atoms with Crippen molar-refractivity contribution in [1.29, 1.82) is 0 Å². The summed E-state index contributed by atoms with van der Waals surface area (Å²) >= 11 is 0. The standard InChI is InChI=1S/C15H15N5O5/c1-17-12-11(13(21)18(2)15(17)22)16-14(20(23)24)19(12)8-9-6-4-5-7-10(9)25-3/h4-7H,8H2,1-3H3. The molecule has 3 aromatic rings. The largest absolute Gasteiger partial charge is 0.496 e. The molecular formula is C15H15N5O5. The van der Waals surface area contributed by atoms with Gasteiger partial charge in [0.05, 0.1) is 7.11 Å². The Morgan fingerprint density at radius 2 is 1.88 bits per heavy atom. The lowest BCUT2D eigenvalue weighted by molar-refractivity contribution is -0.396. The molecule has 10 nitrogen and oxygen atoms in total. The van der Waals surface area contributed by atoms with Crippen LogP contribution in [-0.4, -0.2) is 30.7 Å². The van der Waals surface area contributed by atoms with E-state index in [2.05, 4.69) is 4.98 Å². The molecule has 0 saturated heterocycles. The summed E-state index contributed by atoms with van der Waals surface area (Å²) < 4.78 is 8.54. The van der Waals surface area contributed by atoms with Gasteiger partial charge in [0.2, 0.25) is 5.65 Å². The van der Waals surface area contributed by atoms with Crippen LogP contribution in [0.15, 0.2) is 33.9 Å². The fourth-order valence-electron chi connectivity index (χ4n) is 2.77. The summed E-state index contributed by atoms with van der Waals surface area (Å²) in [5, 5.41) is 11.4. The van der Waals surface area contributed by atoms with Crippen molar-refractivity contribution in [3.05, 3.63) is 60.8 Å². The topological polar surface area (TPSA) is 114 Å². The maximum Gasteiger partial charge on any atom is 0.437 e. The first-order chi connectivity index (χ1) is 11.9. The fraction of sp³-hybridized carbons (Fsp3) is 0.267. The number of fused-ring (bicyclic) bond motifs is 1. The van der Waals surface area contributed by atoms with Crippen molar-refractivity contribution in [3.8, 4) is 5.75 Å². The molecule has 0 aliphatic carbocycles. The van der Waals surface area contributed by atoms with Crippen LogP contribution in [0.2, 0.25) is 0 Å². The Morgan fingerprint density at radius 1 is 1.20 bits per heavy atom. The fourth-order valence-corrected chi connectivity index (χ4v) is 2.77. The van der Waals surface area contributed by atoms with Gasteiger partial charge in [-0.3, -0.25) is 13.9 Å². The molecule has 3 rings (SSSR count). The van der Waals surface area contributed by atoms with Gasteiger partial charge in [0.1, 0.15) is 12.3 Å². The van der Waals surface area contributed by atoms with Crippen molar-refractivity contribution in [3.63, 3.8) is 0 Å². The molecule has 0 radical (unpaired) electrons. The van der Waals surface area contributed by atoms with E-state index < -0.39 is 22.1 Å². The van der Waals surface area contributed by atoms with Crippen molar-refractivity contribution in [2.24, 2.45) is 14.1 Å². The van der Waals surface area contributed by atoms with E-state index in [0.717, 1.165) is 4.57 Å². The normalized spacial score (nSPS) is 11.0. The molecule has 0 fully saturated rings. The molecule has 10 heteroatoms. The SMILES string of the molecule is COc1ccccc1Cn1c([N+](=O)[O-])nc2c(=O)n(C)c(=O)n(C)c21. The Kier molecular flexibility index (Phi) is 3.87. The summed E-state index contributed by atoms with van der Waals surface area (Å²) in [6, 6.07) is 7.00. The first-order valence-electron chi connectivity index (χ1n) is 7.29. The quantitative estimate of drug-likeness (QED) is 0.499. The number of methoxy groups -OCH3 is 1. The van der Waals surface area contributed by atoms with Gasteiger partial charge in [0.15, 0.2) is 0 Å². The molecule has 1 aromatic carbocycles. The molecule has 0 aliphatic rings. The van der Waals surface area contributed by atoms with E-state index in [4.69, 9.17) is 4.74 Å². The molecule has 0 aliphatic heterocycles. The van der Waals surface area contributed by atoms with Crippen LogP contribution in [0.3, 0.4) is 0 Å². The Labute approximate surface area is 140 Å². The minimum absolute atomic E-state index is 0.0251. The van der Waals surface area contributed by atoms with Gasteiger partial charge in [0, 0.05) is 19.7 Å². The van der Waals surface area contributed by atoms with Crippen LogP contribution in [0.5, 0.6) is 5.75 Å². The molecule has 2 aromatic heterocycles. The van der Waals surface area contributed by atoms with Crippen molar-refractivity contribution in [2.75, 3.05) is 7.11 Å². The van der Waals surface area contributed by atoms with Gasteiger partial charge < -0.3 is 14.9 Å². The number of aromatic nitrogens is 4. The number of ether oxygens (including phenoxy) is 1. The molecule has 130 valence electrons.